The molecule has 1 aromatic heterocycles. The third kappa shape index (κ3) is 10.2. The zero-order valence-corrected chi connectivity index (χ0v) is 21.1. The minimum Gasteiger partial charge on any atom is -0.379 e. The summed E-state index contributed by atoms with van der Waals surface area (Å²) < 4.78 is 11.1. The number of guanidine groups is 1. The van der Waals surface area contributed by atoms with Crippen LogP contribution in [0.5, 0.6) is 0 Å². The zero-order valence-electron chi connectivity index (χ0n) is 18.7. The van der Waals surface area contributed by atoms with Crippen molar-refractivity contribution in [3.05, 3.63) is 23.9 Å². The molecule has 0 unspecified atom stereocenters. The van der Waals surface area contributed by atoms with E-state index in [9.17, 15) is 0 Å². The van der Waals surface area contributed by atoms with Gasteiger partial charge in [0.2, 0.25) is 0 Å². The van der Waals surface area contributed by atoms with E-state index < -0.39 is 0 Å². The van der Waals surface area contributed by atoms with Crippen LogP contribution in [0, 0.1) is 0 Å². The lowest BCUT2D eigenvalue weighted by Gasteiger charge is -2.34. The molecule has 1 aliphatic heterocycles. The van der Waals surface area contributed by atoms with E-state index >= 15 is 0 Å². The van der Waals surface area contributed by atoms with Gasteiger partial charge < -0.3 is 29.9 Å². The minimum atomic E-state index is 0. The highest BCUT2D eigenvalue weighted by molar-refractivity contribution is 14.0. The summed E-state index contributed by atoms with van der Waals surface area (Å²) in [6.45, 7) is 10.4. The highest BCUT2D eigenvalue weighted by atomic mass is 127. The fraction of sp³-hybridized carbons (Fsp3) is 0.714. The molecule has 0 aliphatic carbocycles. The number of ether oxygens (including phenoxy) is 2. The molecule has 2 heterocycles. The Labute approximate surface area is 198 Å². The number of likely N-dealkylation sites (N-methyl/N-ethyl adjacent to an activating group) is 1. The monoisotopic (exact) mass is 534 g/mol. The van der Waals surface area contributed by atoms with Gasteiger partial charge in [0.25, 0.3) is 0 Å². The number of aromatic nitrogens is 1. The highest BCUT2D eigenvalue weighted by Crippen LogP contribution is 2.18. The third-order valence-electron chi connectivity index (χ3n) is 4.89. The quantitative estimate of drug-likeness (QED) is 0.184. The number of nitrogens with zero attached hydrogens (tertiary/aromatic N) is 4. The van der Waals surface area contributed by atoms with Crippen LogP contribution in [0.2, 0.25) is 0 Å². The average molecular weight is 534 g/mol. The molecule has 172 valence electrons. The van der Waals surface area contributed by atoms with E-state index in [0.29, 0.717) is 32.9 Å². The molecular weight excluding hydrogens is 495 g/mol. The predicted molar refractivity (Wildman–Crippen MR) is 134 cm³/mol. The lowest BCUT2D eigenvalue weighted by molar-refractivity contribution is 0.0487. The van der Waals surface area contributed by atoms with Gasteiger partial charge in [-0.15, -0.1) is 24.0 Å². The van der Waals surface area contributed by atoms with Gasteiger partial charge in [0.15, 0.2) is 5.96 Å². The van der Waals surface area contributed by atoms with Gasteiger partial charge in [0, 0.05) is 64.7 Å². The first kappa shape index (κ1) is 26.9. The maximum absolute atomic E-state index is 5.59. The van der Waals surface area contributed by atoms with Gasteiger partial charge in [-0.05, 0) is 19.5 Å². The van der Waals surface area contributed by atoms with Crippen LogP contribution in [-0.4, -0.2) is 89.1 Å². The van der Waals surface area contributed by atoms with Crippen molar-refractivity contribution in [2.24, 2.45) is 4.99 Å². The molecule has 1 aromatic rings. The van der Waals surface area contributed by atoms with Crippen LogP contribution in [-0.2, 0) is 16.0 Å². The SMILES string of the molecule is CCCCOCCOCCNC(=NC)NCc1cccnc1N1CCN(C)CC1.I. The summed E-state index contributed by atoms with van der Waals surface area (Å²) in [4.78, 5) is 13.6. The topological polar surface area (TPSA) is 74.2 Å². The van der Waals surface area contributed by atoms with Crippen LogP contribution in [0.15, 0.2) is 23.3 Å². The second kappa shape index (κ2) is 16.5. The van der Waals surface area contributed by atoms with Crippen LogP contribution >= 0.6 is 24.0 Å². The summed E-state index contributed by atoms with van der Waals surface area (Å²) in [5, 5.41) is 6.67. The zero-order chi connectivity index (χ0) is 20.7. The van der Waals surface area contributed by atoms with Crippen molar-refractivity contribution >= 4 is 35.8 Å². The van der Waals surface area contributed by atoms with E-state index in [4.69, 9.17) is 9.47 Å². The first-order valence-corrected chi connectivity index (χ1v) is 10.7. The van der Waals surface area contributed by atoms with Crippen molar-refractivity contribution in [1.29, 1.82) is 0 Å². The Hall–Kier alpha value is -1.17. The Bertz CT molecular complexity index is 597. The van der Waals surface area contributed by atoms with Crippen molar-refractivity contribution in [1.82, 2.24) is 20.5 Å². The average Bonchev–Trinajstić information content (AvgIpc) is 2.75. The van der Waals surface area contributed by atoms with E-state index in [1.807, 2.05) is 12.3 Å². The van der Waals surface area contributed by atoms with Gasteiger partial charge in [-0.3, -0.25) is 4.99 Å². The minimum absolute atomic E-state index is 0. The lowest BCUT2D eigenvalue weighted by Crippen LogP contribution is -2.45. The number of piperazine rings is 1. The Balaban J connectivity index is 0.00000450. The summed E-state index contributed by atoms with van der Waals surface area (Å²) in [7, 11) is 3.94. The number of nitrogens with one attached hydrogen (secondary N) is 2. The predicted octanol–water partition coefficient (Wildman–Crippen LogP) is 1.95. The Morgan fingerprint density at radius 1 is 1.10 bits per heavy atom. The van der Waals surface area contributed by atoms with E-state index in [0.717, 1.165) is 57.4 Å². The van der Waals surface area contributed by atoms with Crippen LogP contribution in [0.25, 0.3) is 0 Å². The Morgan fingerprint density at radius 2 is 1.83 bits per heavy atom. The standard InChI is InChI=1S/C21H38N6O2.HI/c1-4-5-14-28-16-17-29-15-9-24-21(22-2)25-18-19-7-6-8-23-20(19)27-12-10-26(3)11-13-27;/h6-8H,4-5,9-18H2,1-3H3,(H2,22,24,25);1H. The number of halogens is 1. The number of pyridine rings is 1. The molecule has 1 saturated heterocycles. The second-order valence-corrected chi connectivity index (χ2v) is 7.21. The maximum Gasteiger partial charge on any atom is 0.191 e. The smallest absolute Gasteiger partial charge is 0.191 e. The molecule has 1 aliphatic rings. The van der Waals surface area contributed by atoms with Gasteiger partial charge in [-0.25, -0.2) is 4.98 Å². The first-order valence-electron chi connectivity index (χ1n) is 10.7. The van der Waals surface area contributed by atoms with Crippen LogP contribution < -0.4 is 15.5 Å². The number of anilines is 1. The molecule has 1 fully saturated rings. The fourth-order valence-corrected chi connectivity index (χ4v) is 3.08. The largest absolute Gasteiger partial charge is 0.379 e. The van der Waals surface area contributed by atoms with Crippen molar-refractivity contribution in [2.45, 2.75) is 26.3 Å². The molecule has 0 saturated carbocycles. The number of hydrogen-bond acceptors (Lipinski definition) is 6. The molecule has 30 heavy (non-hydrogen) atoms. The van der Waals surface area contributed by atoms with Crippen molar-refractivity contribution in [2.75, 3.05) is 78.1 Å². The van der Waals surface area contributed by atoms with Gasteiger partial charge in [-0.1, -0.05) is 19.4 Å². The molecule has 2 N–H and O–H groups in total. The van der Waals surface area contributed by atoms with Crippen molar-refractivity contribution in [3.63, 3.8) is 0 Å². The molecule has 0 radical (unpaired) electrons. The molecule has 0 bridgehead atoms. The van der Waals surface area contributed by atoms with Crippen molar-refractivity contribution in [3.8, 4) is 0 Å². The van der Waals surface area contributed by atoms with Gasteiger partial charge in [-0.2, -0.15) is 0 Å². The maximum atomic E-state index is 5.59. The second-order valence-electron chi connectivity index (χ2n) is 7.21. The number of aliphatic imine (C=N–C) groups is 1. The van der Waals surface area contributed by atoms with Gasteiger partial charge >= 0.3 is 0 Å². The normalized spacial score (nSPS) is 15.0. The fourth-order valence-electron chi connectivity index (χ4n) is 3.08. The number of unbranched alkanes of at least 4 members (excludes halogenated alkanes) is 1. The molecule has 9 heteroatoms. The van der Waals surface area contributed by atoms with E-state index in [1.54, 1.807) is 7.05 Å². The molecule has 0 amide bonds. The summed E-state index contributed by atoms with van der Waals surface area (Å²) >= 11 is 0. The molecule has 2 rings (SSSR count). The highest BCUT2D eigenvalue weighted by Gasteiger charge is 2.17. The van der Waals surface area contributed by atoms with Gasteiger partial charge in [0.1, 0.15) is 5.82 Å². The molecular formula is C21H39IN6O2. The number of hydrogen-bond donors (Lipinski definition) is 2. The van der Waals surface area contributed by atoms with Crippen LogP contribution in [0.4, 0.5) is 5.82 Å². The van der Waals surface area contributed by atoms with Crippen LogP contribution in [0.1, 0.15) is 25.3 Å². The van der Waals surface area contributed by atoms with E-state index in [-0.39, 0.29) is 24.0 Å². The van der Waals surface area contributed by atoms with Gasteiger partial charge in [0.05, 0.1) is 19.8 Å². The number of rotatable bonds is 12. The summed E-state index contributed by atoms with van der Waals surface area (Å²) in [6, 6.07) is 4.12. The lowest BCUT2D eigenvalue weighted by atomic mass is 10.2. The third-order valence-corrected chi connectivity index (χ3v) is 4.89. The first-order chi connectivity index (χ1) is 14.2. The van der Waals surface area contributed by atoms with E-state index in [2.05, 4.69) is 50.4 Å². The Kier molecular flexibility index (Phi) is 14.8. The molecule has 0 spiro atoms. The van der Waals surface area contributed by atoms with Crippen LogP contribution in [0.3, 0.4) is 0 Å². The molecule has 8 nitrogen and oxygen atoms in total. The molecule has 0 aromatic carbocycles. The Morgan fingerprint density at radius 3 is 2.53 bits per heavy atom. The summed E-state index contributed by atoms with van der Waals surface area (Å²) in [5.74, 6) is 1.83. The summed E-state index contributed by atoms with van der Waals surface area (Å²) in [5.41, 5.74) is 1.18. The van der Waals surface area contributed by atoms with Crippen molar-refractivity contribution < 1.29 is 9.47 Å². The van der Waals surface area contributed by atoms with E-state index in [1.165, 1.54) is 5.56 Å². The summed E-state index contributed by atoms with van der Waals surface area (Å²) in [6.07, 6.45) is 4.14. The molecule has 0 atom stereocenters.